The van der Waals surface area contributed by atoms with E-state index in [9.17, 15) is 4.79 Å². The number of nitrogens with zero attached hydrogens (tertiary/aromatic N) is 3. The van der Waals surface area contributed by atoms with Crippen molar-refractivity contribution < 1.29 is 9.21 Å². The van der Waals surface area contributed by atoms with Gasteiger partial charge in [0.2, 0.25) is 0 Å². The number of fused-ring (bicyclic) bond motifs is 1. The Labute approximate surface area is 135 Å². The fourth-order valence-corrected chi connectivity index (χ4v) is 3.44. The highest BCUT2D eigenvalue weighted by Crippen LogP contribution is 2.21. The summed E-state index contributed by atoms with van der Waals surface area (Å²) in [5.41, 5.74) is 0. The molecule has 2 aliphatic heterocycles. The summed E-state index contributed by atoms with van der Waals surface area (Å²) in [6, 6.07) is 3.66. The summed E-state index contributed by atoms with van der Waals surface area (Å²) in [6.45, 7) is 3.94. The quantitative estimate of drug-likeness (QED) is 0.942. The summed E-state index contributed by atoms with van der Waals surface area (Å²) in [7, 11) is 0. The zero-order valence-corrected chi connectivity index (χ0v) is 13.3. The maximum absolute atomic E-state index is 12.4. The molecule has 6 nitrogen and oxygen atoms in total. The van der Waals surface area contributed by atoms with Crippen LogP contribution in [0.25, 0.3) is 0 Å². The molecule has 0 saturated carbocycles. The van der Waals surface area contributed by atoms with Crippen LogP contribution < -0.4 is 5.32 Å². The van der Waals surface area contributed by atoms with Crippen LogP contribution in [0.5, 0.6) is 0 Å². The zero-order chi connectivity index (χ0) is 15.6. The van der Waals surface area contributed by atoms with Gasteiger partial charge in [-0.2, -0.15) is 0 Å². The van der Waals surface area contributed by atoms with E-state index in [0.717, 1.165) is 56.4 Å². The molecule has 1 saturated heterocycles. The van der Waals surface area contributed by atoms with Crippen molar-refractivity contribution in [1.82, 2.24) is 14.5 Å². The minimum Gasteiger partial charge on any atom is -0.455 e. The largest absolute Gasteiger partial charge is 0.455 e. The Balaban J connectivity index is 1.43. The van der Waals surface area contributed by atoms with Crippen molar-refractivity contribution in [3.8, 4) is 0 Å². The number of nitrogens with one attached hydrogen (secondary N) is 1. The maximum Gasteiger partial charge on any atom is 0.292 e. The first kappa shape index (κ1) is 14.5. The first-order valence-corrected chi connectivity index (χ1v) is 8.46. The number of aromatic nitrogens is 2. The second kappa shape index (κ2) is 6.20. The molecule has 0 radical (unpaired) electrons. The van der Waals surface area contributed by atoms with Gasteiger partial charge in [-0.25, -0.2) is 4.98 Å². The van der Waals surface area contributed by atoms with Crippen LogP contribution >= 0.6 is 0 Å². The minimum absolute atomic E-state index is 0.203. The summed E-state index contributed by atoms with van der Waals surface area (Å²) in [4.78, 5) is 19.1. The standard InChI is InChI=1S/C17H22N4O2/c22-17(19-16-11-18-15-5-1-2-10-21(15)16)14-7-6-13(23-14)12-20-8-3-4-9-20/h6-7,11H,1-5,8-10,12H2,(H,19,22). The topological polar surface area (TPSA) is 63.3 Å². The average molecular weight is 314 g/mol. The number of anilines is 1. The molecule has 122 valence electrons. The van der Waals surface area contributed by atoms with E-state index in [0.29, 0.717) is 5.76 Å². The zero-order valence-electron chi connectivity index (χ0n) is 13.3. The Bertz CT molecular complexity index is 697. The molecule has 2 aliphatic rings. The molecule has 23 heavy (non-hydrogen) atoms. The fraction of sp³-hybridized carbons (Fsp3) is 0.529. The molecule has 2 aromatic rings. The van der Waals surface area contributed by atoms with Gasteiger partial charge in [0.1, 0.15) is 17.4 Å². The van der Waals surface area contributed by atoms with Crippen LogP contribution in [0.4, 0.5) is 5.82 Å². The Hall–Kier alpha value is -2.08. The molecule has 6 heteroatoms. The molecule has 1 amide bonds. The van der Waals surface area contributed by atoms with E-state index in [1.165, 1.54) is 19.3 Å². The number of amides is 1. The molecule has 0 unspecified atom stereocenters. The molecule has 0 atom stereocenters. The van der Waals surface area contributed by atoms with Crippen molar-refractivity contribution in [2.45, 2.75) is 45.2 Å². The van der Waals surface area contributed by atoms with Crippen molar-refractivity contribution in [3.63, 3.8) is 0 Å². The number of aryl methyl sites for hydroxylation is 1. The lowest BCUT2D eigenvalue weighted by molar-refractivity contribution is 0.0992. The van der Waals surface area contributed by atoms with Gasteiger partial charge in [0.05, 0.1) is 12.7 Å². The van der Waals surface area contributed by atoms with Crippen LogP contribution in [0.2, 0.25) is 0 Å². The second-order valence-electron chi connectivity index (χ2n) is 6.37. The molecular weight excluding hydrogens is 292 g/mol. The van der Waals surface area contributed by atoms with E-state index >= 15 is 0 Å². The smallest absolute Gasteiger partial charge is 0.292 e. The van der Waals surface area contributed by atoms with Gasteiger partial charge in [-0.3, -0.25) is 9.69 Å². The minimum atomic E-state index is -0.203. The van der Waals surface area contributed by atoms with Crippen LogP contribution in [0.15, 0.2) is 22.7 Å². The summed E-state index contributed by atoms with van der Waals surface area (Å²) < 4.78 is 7.81. The van der Waals surface area contributed by atoms with Crippen LogP contribution in [0.1, 0.15) is 47.8 Å². The predicted octanol–water partition coefficient (Wildman–Crippen LogP) is 2.66. The molecule has 1 fully saturated rings. The molecule has 0 aliphatic carbocycles. The van der Waals surface area contributed by atoms with Gasteiger partial charge in [-0.05, 0) is 50.9 Å². The second-order valence-corrected chi connectivity index (χ2v) is 6.37. The predicted molar refractivity (Wildman–Crippen MR) is 86.3 cm³/mol. The van der Waals surface area contributed by atoms with E-state index in [4.69, 9.17) is 4.42 Å². The molecular formula is C17H22N4O2. The number of hydrogen-bond acceptors (Lipinski definition) is 4. The van der Waals surface area contributed by atoms with Gasteiger partial charge in [0.25, 0.3) is 5.91 Å². The molecule has 0 bridgehead atoms. The van der Waals surface area contributed by atoms with Crippen LogP contribution in [-0.2, 0) is 19.5 Å². The monoisotopic (exact) mass is 314 g/mol. The maximum atomic E-state index is 12.4. The lowest BCUT2D eigenvalue weighted by Gasteiger charge is -2.16. The van der Waals surface area contributed by atoms with Crippen molar-refractivity contribution >= 4 is 11.7 Å². The number of imidazole rings is 1. The van der Waals surface area contributed by atoms with E-state index < -0.39 is 0 Å². The summed E-state index contributed by atoms with van der Waals surface area (Å²) in [5.74, 6) is 2.84. The fourth-order valence-electron chi connectivity index (χ4n) is 3.44. The number of rotatable bonds is 4. The van der Waals surface area contributed by atoms with Gasteiger partial charge in [-0.15, -0.1) is 0 Å². The summed E-state index contributed by atoms with van der Waals surface area (Å²) in [6.07, 6.45) is 7.53. The van der Waals surface area contributed by atoms with Gasteiger partial charge in [-0.1, -0.05) is 0 Å². The van der Waals surface area contributed by atoms with Crippen LogP contribution in [-0.4, -0.2) is 33.4 Å². The first-order valence-electron chi connectivity index (χ1n) is 8.46. The number of hydrogen-bond donors (Lipinski definition) is 1. The Morgan fingerprint density at radius 1 is 1.17 bits per heavy atom. The normalized spacial score (nSPS) is 18.1. The van der Waals surface area contributed by atoms with Gasteiger partial charge >= 0.3 is 0 Å². The number of furan rings is 1. The average Bonchev–Trinajstić information content (AvgIpc) is 3.29. The lowest BCUT2D eigenvalue weighted by Crippen LogP contribution is -2.18. The Kier molecular flexibility index (Phi) is 3.91. The molecule has 4 heterocycles. The molecule has 0 spiro atoms. The lowest BCUT2D eigenvalue weighted by atomic mass is 10.2. The van der Waals surface area contributed by atoms with Crippen LogP contribution in [0, 0.1) is 0 Å². The number of likely N-dealkylation sites (tertiary alicyclic amines) is 1. The third kappa shape index (κ3) is 3.03. The van der Waals surface area contributed by atoms with E-state index in [-0.39, 0.29) is 5.91 Å². The van der Waals surface area contributed by atoms with Gasteiger partial charge in [0, 0.05) is 13.0 Å². The van der Waals surface area contributed by atoms with Crippen molar-refractivity contribution in [1.29, 1.82) is 0 Å². The third-order valence-electron chi connectivity index (χ3n) is 4.68. The highest BCUT2D eigenvalue weighted by Gasteiger charge is 2.19. The van der Waals surface area contributed by atoms with E-state index in [1.54, 1.807) is 12.3 Å². The van der Waals surface area contributed by atoms with Crippen LogP contribution in [0.3, 0.4) is 0 Å². The third-order valence-corrected chi connectivity index (χ3v) is 4.68. The Morgan fingerprint density at radius 3 is 2.87 bits per heavy atom. The molecule has 2 aromatic heterocycles. The van der Waals surface area contributed by atoms with E-state index in [2.05, 4.69) is 19.8 Å². The van der Waals surface area contributed by atoms with Gasteiger partial charge < -0.3 is 14.3 Å². The molecule has 0 aromatic carbocycles. The number of carbonyl (C=O) groups is 1. The van der Waals surface area contributed by atoms with Gasteiger partial charge in [0.15, 0.2) is 5.76 Å². The SMILES string of the molecule is O=C(Nc1cnc2n1CCCC2)c1ccc(CN2CCCC2)o1. The summed E-state index contributed by atoms with van der Waals surface area (Å²) >= 11 is 0. The summed E-state index contributed by atoms with van der Waals surface area (Å²) in [5, 5.41) is 2.93. The highest BCUT2D eigenvalue weighted by atomic mass is 16.4. The number of carbonyl (C=O) groups excluding carboxylic acids is 1. The Morgan fingerprint density at radius 2 is 2.00 bits per heavy atom. The highest BCUT2D eigenvalue weighted by molar-refractivity contribution is 6.01. The van der Waals surface area contributed by atoms with Crippen molar-refractivity contribution in [2.24, 2.45) is 0 Å². The van der Waals surface area contributed by atoms with Crippen molar-refractivity contribution in [2.75, 3.05) is 18.4 Å². The van der Waals surface area contributed by atoms with E-state index in [1.807, 2.05) is 6.07 Å². The molecule has 4 rings (SSSR count). The van der Waals surface area contributed by atoms with Crippen molar-refractivity contribution in [3.05, 3.63) is 35.7 Å². The molecule has 1 N–H and O–H groups in total. The first-order chi connectivity index (χ1) is 11.3.